The van der Waals surface area contributed by atoms with Crippen LogP contribution in [-0.2, 0) is 19.4 Å². The van der Waals surface area contributed by atoms with Gasteiger partial charge in [0.1, 0.15) is 0 Å². The Labute approximate surface area is 209 Å². The number of hydrogen-bond acceptors (Lipinski definition) is 5. The molecule has 0 fully saturated rings. The predicted molar refractivity (Wildman–Crippen MR) is 140 cm³/mol. The first-order valence-corrected chi connectivity index (χ1v) is 12.4. The van der Waals surface area contributed by atoms with Crippen molar-refractivity contribution in [3.63, 3.8) is 0 Å². The lowest BCUT2D eigenvalue weighted by molar-refractivity contribution is 0.678. The lowest BCUT2D eigenvalue weighted by atomic mass is 10.0. The molecule has 0 radical (unpaired) electrons. The predicted octanol–water partition coefficient (Wildman–Crippen LogP) is 4.83. The van der Waals surface area contributed by atoms with Gasteiger partial charge < -0.3 is 0 Å². The maximum absolute atomic E-state index is 13.6. The molecule has 0 saturated heterocycles. The van der Waals surface area contributed by atoms with Crippen LogP contribution in [0.5, 0.6) is 0 Å². The number of hydrogen-bond donors (Lipinski definition) is 1. The number of tetrazole rings is 1. The van der Waals surface area contributed by atoms with Crippen LogP contribution < -0.4 is 5.69 Å². The van der Waals surface area contributed by atoms with E-state index in [4.69, 9.17) is 4.98 Å². The molecule has 3 aromatic heterocycles. The van der Waals surface area contributed by atoms with Crippen molar-refractivity contribution in [2.45, 2.75) is 46.1 Å². The Balaban J connectivity index is 1.47. The Morgan fingerprint density at radius 3 is 2.39 bits per heavy atom. The topological polar surface area (TPSA) is 94.3 Å². The molecule has 1 N–H and O–H groups in total. The molecule has 0 bridgehead atoms. The van der Waals surface area contributed by atoms with E-state index in [0.29, 0.717) is 12.4 Å². The molecule has 0 aliphatic carbocycles. The van der Waals surface area contributed by atoms with Crippen molar-refractivity contribution in [1.82, 2.24) is 34.7 Å². The molecule has 0 spiro atoms. The van der Waals surface area contributed by atoms with Gasteiger partial charge >= 0.3 is 5.69 Å². The van der Waals surface area contributed by atoms with E-state index < -0.39 is 0 Å². The quantitative estimate of drug-likeness (QED) is 0.327. The number of nitrogens with one attached hydrogen (secondary N) is 1. The smallest absolute Gasteiger partial charge is 0.290 e. The first-order chi connectivity index (χ1) is 17.7. The fraction of sp³-hybridized carbons (Fsp3) is 0.250. The zero-order valence-electron chi connectivity index (χ0n) is 20.6. The molecule has 8 nitrogen and oxygen atoms in total. The van der Waals surface area contributed by atoms with Gasteiger partial charge in [-0.25, -0.2) is 9.89 Å². The Morgan fingerprint density at radius 1 is 0.889 bits per heavy atom. The Hall–Kier alpha value is -4.33. The minimum Gasteiger partial charge on any atom is -0.290 e. The van der Waals surface area contributed by atoms with Crippen molar-refractivity contribution in [3.05, 3.63) is 100 Å². The summed E-state index contributed by atoms with van der Waals surface area (Å²) in [4.78, 5) is 18.3. The van der Waals surface area contributed by atoms with Gasteiger partial charge in [-0.3, -0.25) is 14.1 Å². The number of H-pyrrole nitrogens is 1. The zero-order valence-corrected chi connectivity index (χ0v) is 20.6. The highest BCUT2D eigenvalue weighted by Crippen LogP contribution is 2.29. The minimum absolute atomic E-state index is 0.0314. The second-order valence-electron chi connectivity index (χ2n) is 8.82. The van der Waals surface area contributed by atoms with Crippen molar-refractivity contribution in [2.75, 3.05) is 0 Å². The van der Waals surface area contributed by atoms with E-state index in [1.165, 1.54) is 5.56 Å². The van der Waals surface area contributed by atoms with Gasteiger partial charge in [0.25, 0.3) is 0 Å². The number of pyridine rings is 1. The summed E-state index contributed by atoms with van der Waals surface area (Å²) in [7, 11) is 0. The molecule has 5 aromatic rings. The molecule has 0 saturated carbocycles. The van der Waals surface area contributed by atoms with Gasteiger partial charge in [0.2, 0.25) is 0 Å². The van der Waals surface area contributed by atoms with Crippen LogP contribution >= 0.6 is 0 Å². The summed E-state index contributed by atoms with van der Waals surface area (Å²) in [5.74, 6) is 0.607. The van der Waals surface area contributed by atoms with E-state index in [1.54, 1.807) is 4.57 Å². The average molecular weight is 480 g/mol. The summed E-state index contributed by atoms with van der Waals surface area (Å²) in [6.45, 7) is 4.71. The number of para-hydroxylation sites is 1. The SMILES string of the molecule is CCCc1ccccc1-n1cc(CCC)n(Cc2ccc(-c3ccccc3-c3nnn[nH]3)cn2)c1=O. The molecule has 5 rings (SSSR count). The van der Waals surface area contributed by atoms with Crippen molar-refractivity contribution < 1.29 is 0 Å². The minimum atomic E-state index is -0.0314. The van der Waals surface area contributed by atoms with Crippen LogP contribution in [0.15, 0.2) is 77.9 Å². The highest BCUT2D eigenvalue weighted by molar-refractivity contribution is 5.79. The third kappa shape index (κ3) is 4.62. The average Bonchev–Trinajstić information content (AvgIpc) is 3.55. The molecule has 36 heavy (non-hydrogen) atoms. The Kier molecular flexibility index (Phi) is 6.84. The number of nitrogens with zero attached hydrogens (tertiary/aromatic N) is 6. The number of aromatic amines is 1. The molecule has 0 atom stereocenters. The van der Waals surface area contributed by atoms with Gasteiger partial charge in [-0.2, -0.15) is 0 Å². The van der Waals surface area contributed by atoms with Gasteiger partial charge in [0.15, 0.2) is 5.82 Å². The van der Waals surface area contributed by atoms with E-state index >= 15 is 0 Å². The number of aryl methyl sites for hydroxylation is 2. The standard InChI is InChI=1S/C28H29N7O/c1-3-9-20-11-5-8-14-26(20)35-19-23(10-4-2)34(28(35)36)18-22-16-15-21(17-29-22)24-12-6-7-13-25(24)27-30-32-33-31-27/h5-8,11-17,19H,3-4,9-10,18H2,1-2H3,(H,30,31,32,33). The molecule has 0 unspecified atom stereocenters. The fourth-order valence-electron chi connectivity index (χ4n) is 4.60. The maximum atomic E-state index is 13.6. The molecule has 182 valence electrons. The molecule has 0 aliphatic heterocycles. The van der Waals surface area contributed by atoms with E-state index in [1.807, 2.05) is 71.6 Å². The largest absolute Gasteiger partial charge is 0.333 e. The van der Waals surface area contributed by atoms with Crippen LogP contribution in [0.25, 0.3) is 28.2 Å². The highest BCUT2D eigenvalue weighted by atomic mass is 16.1. The van der Waals surface area contributed by atoms with E-state index in [0.717, 1.165) is 59.4 Å². The van der Waals surface area contributed by atoms with Crippen molar-refractivity contribution in [3.8, 4) is 28.2 Å². The summed E-state index contributed by atoms with van der Waals surface area (Å²) in [6, 6.07) is 20.1. The van der Waals surface area contributed by atoms with E-state index in [9.17, 15) is 4.79 Å². The number of benzene rings is 2. The van der Waals surface area contributed by atoms with E-state index in [-0.39, 0.29) is 5.69 Å². The molecule has 8 heteroatoms. The lowest BCUT2D eigenvalue weighted by Crippen LogP contribution is -2.25. The third-order valence-corrected chi connectivity index (χ3v) is 6.32. The van der Waals surface area contributed by atoms with Gasteiger partial charge in [-0.1, -0.05) is 75.2 Å². The van der Waals surface area contributed by atoms with Gasteiger partial charge in [-0.15, -0.1) is 5.10 Å². The molecule has 0 amide bonds. The van der Waals surface area contributed by atoms with Crippen LogP contribution in [-0.4, -0.2) is 34.7 Å². The summed E-state index contributed by atoms with van der Waals surface area (Å²) >= 11 is 0. The first-order valence-electron chi connectivity index (χ1n) is 12.4. The monoisotopic (exact) mass is 479 g/mol. The van der Waals surface area contributed by atoms with Gasteiger partial charge in [0, 0.05) is 29.2 Å². The summed E-state index contributed by atoms with van der Waals surface area (Å²) in [5.41, 5.74) is 6.81. The summed E-state index contributed by atoms with van der Waals surface area (Å²) in [5, 5.41) is 14.3. The zero-order chi connectivity index (χ0) is 24.9. The van der Waals surface area contributed by atoms with Crippen LogP contribution in [0.2, 0.25) is 0 Å². The van der Waals surface area contributed by atoms with Crippen molar-refractivity contribution in [2.24, 2.45) is 0 Å². The summed E-state index contributed by atoms with van der Waals surface area (Å²) < 4.78 is 3.65. The van der Waals surface area contributed by atoms with Gasteiger partial charge in [-0.05, 0) is 46.5 Å². The second-order valence-corrected chi connectivity index (χ2v) is 8.82. The highest BCUT2D eigenvalue weighted by Gasteiger charge is 2.16. The molecule has 0 aliphatic rings. The Bertz CT molecular complexity index is 1500. The van der Waals surface area contributed by atoms with Crippen LogP contribution in [0.4, 0.5) is 0 Å². The second kappa shape index (κ2) is 10.5. The first kappa shape index (κ1) is 23.4. The van der Waals surface area contributed by atoms with Crippen LogP contribution in [0.3, 0.4) is 0 Å². The fourth-order valence-corrected chi connectivity index (χ4v) is 4.60. The molecular weight excluding hydrogens is 450 g/mol. The normalized spacial score (nSPS) is 11.2. The van der Waals surface area contributed by atoms with Crippen molar-refractivity contribution >= 4 is 0 Å². The summed E-state index contributed by atoms with van der Waals surface area (Å²) in [6.07, 6.45) is 7.59. The third-order valence-electron chi connectivity index (χ3n) is 6.32. The molecule has 3 heterocycles. The number of imidazole rings is 1. The molecule has 2 aromatic carbocycles. The van der Waals surface area contributed by atoms with Gasteiger partial charge in [0.05, 0.1) is 17.9 Å². The van der Waals surface area contributed by atoms with Crippen LogP contribution in [0.1, 0.15) is 43.6 Å². The lowest BCUT2D eigenvalue weighted by Gasteiger charge is -2.10. The number of rotatable bonds is 9. The molecular formula is C28H29N7O. The van der Waals surface area contributed by atoms with Crippen LogP contribution in [0, 0.1) is 0 Å². The maximum Gasteiger partial charge on any atom is 0.333 e. The number of aromatic nitrogens is 7. The van der Waals surface area contributed by atoms with Crippen molar-refractivity contribution in [1.29, 1.82) is 0 Å². The Morgan fingerprint density at radius 2 is 1.67 bits per heavy atom. The van der Waals surface area contributed by atoms with E-state index in [2.05, 4.69) is 40.5 Å².